The van der Waals surface area contributed by atoms with Crippen LogP contribution in [0.2, 0.25) is 0 Å². The van der Waals surface area contributed by atoms with Gasteiger partial charge in [0, 0.05) is 18.9 Å². The summed E-state index contributed by atoms with van der Waals surface area (Å²) >= 11 is 0. The van der Waals surface area contributed by atoms with Gasteiger partial charge in [0.05, 0.1) is 0 Å². The first-order chi connectivity index (χ1) is 5.67. The molecule has 0 aromatic rings. The molecule has 0 bridgehead atoms. The van der Waals surface area contributed by atoms with Gasteiger partial charge in [0.15, 0.2) is 0 Å². The van der Waals surface area contributed by atoms with Crippen LogP contribution in [0.15, 0.2) is 0 Å². The standard InChI is InChI=1S/C9H15F2N/c10-9(11)4-3-7-2-1-5-12-8(7)6-9/h7-8,12H,1-6H2. The molecule has 1 heterocycles. The van der Waals surface area contributed by atoms with E-state index in [-0.39, 0.29) is 18.9 Å². The zero-order valence-corrected chi connectivity index (χ0v) is 7.15. The molecule has 1 aliphatic carbocycles. The molecule has 2 rings (SSSR count). The van der Waals surface area contributed by atoms with E-state index in [2.05, 4.69) is 5.32 Å². The monoisotopic (exact) mass is 175 g/mol. The second kappa shape index (κ2) is 2.95. The Hall–Kier alpha value is -0.180. The van der Waals surface area contributed by atoms with E-state index in [0.717, 1.165) is 19.4 Å². The minimum absolute atomic E-state index is 0.0671. The second-order valence-electron chi connectivity index (χ2n) is 4.06. The molecule has 1 nitrogen and oxygen atoms in total. The highest BCUT2D eigenvalue weighted by Gasteiger charge is 2.41. The molecular weight excluding hydrogens is 160 g/mol. The van der Waals surface area contributed by atoms with Crippen LogP contribution in [0.4, 0.5) is 8.78 Å². The second-order valence-corrected chi connectivity index (χ2v) is 4.06. The summed E-state index contributed by atoms with van der Waals surface area (Å²) in [6.07, 6.45) is 3.19. The number of hydrogen-bond acceptors (Lipinski definition) is 1. The van der Waals surface area contributed by atoms with Gasteiger partial charge in [-0.2, -0.15) is 0 Å². The molecule has 0 amide bonds. The number of hydrogen-bond donors (Lipinski definition) is 1. The quantitative estimate of drug-likeness (QED) is 0.595. The number of halogens is 2. The molecule has 12 heavy (non-hydrogen) atoms. The average molecular weight is 175 g/mol. The summed E-state index contributed by atoms with van der Waals surface area (Å²) < 4.78 is 25.9. The molecule has 1 saturated heterocycles. The normalized spacial score (nSPS) is 40.5. The Balaban J connectivity index is 1.99. The zero-order chi connectivity index (χ0) is 8.60. The van der Waals surface area contributed by atoms with Crippen LogP contribution in [-0.2, 0) is 0 Å². The number of fused-ring (bicyclic) bond motifs is 1. The van der Waals surface area contributed by atoms with Crippen LogP contribution in [0.5, 0.6) is 0 Å². The molecule has 1 aliphatic heterocycles. The van der Waals surface area contributed by atoms with Gasteiger partial charge in [0.1, 0.15) is 0 Å². The minimum atomic E-state index is -2.40. The fourth-order valence-electron chi connectivity index (χ4n) is 2.42. The summed E-state index contributed by atoms with van der Waals surface area (Å²) in [6, 6.07) is 0.0995. The average Bonchev–Trinajstić information content (AvgIpc) is 2.02. The van der Waals surface area contributed by atoms with Gasteiger partial charge >= 0.3 is 0 Å². The molecule has 1 N–H and O–H groups in total. The van der Waals surface area contributed by atoms with Crippen molar-refractivity contribution in [1.82, 2.24) is 5.32 Å². The van der Waals surface area contributed by atoms with E-state index in [9.17, 15) is 8.78 Å². The van der Waals surface area contributed by atoms with Crippen LogP contribution in [0.3, 0.4) is 0 Å². The highest BCUT2D eigenvalue weighted by molar-refractivity contribution is 4.91. The smallest absolute Gasteiger partial charge is 0.249 e. The first kappa shape index (κ1) is 8.42. The lowest BCUT2D eigenvalue weighted by Gasteiger charge is -2.39. The van der Waals surface area contributed by atoms with Gasteiger partial charge in [-0.05, 0) is 31.7 Å². The molecule has 2 fully saturated rings. The van der Waals surface area contributed by atoms with Crippen LogP contribution in [0.25, 0.3) is 0 Å². The van der Waals surface area contributed by atoms with Gasteiger partial charge in [-0.15, -0.1) is 0 Å². The van der Waals surface area contributed by atoms with Crippen molar-refractivity contribution in [3.05, 3.63) is 0 Å². The summed E-state index contributed by atoms with van der Waals surface area (Å²) in [5, 5.41) is 3.20. The van der Waals surface area contributed by atoms with Gasteiger partial charge in [0.2, 0.25) is 5.92 Å². The molecule has 0 aromatic carbocycles. The number of piperidine rings is 1. The fraction of sp³-hybridized carbons (Fsp3) is 1.00. The fourth-order valence-corrected chi connectivity index (χ4v) is 2.42. The predicted octanol–water partition coefficient (Wildman–Crippen LogP) is 2.17. The first-order valence-electron chi connectivity index (χ1n) is 4.79. The maximum absolute atomic E-state index is 12.9. The summed E-state index contributed by atoms with van der Waals surface area (Å²) in [5.41, 5.74) is 0. The number of nitrogens with one attached hydrogen (secondary N) is 1. The summed E-state index contributed by atoms with van der Waals surface area (Å²) in [6.45, 7) is 0.928. The van der Waals surface area contributed by atoms with Gasteiger partial charge in [-0.25, -0.2) is 8.78 Å². The lowest BCUT2D eigenvalue weighted by atomic mass is 9.78. The first-order valence-corrected chi connectivity index (χ1v) is 4.79. The van der Waals surface area contributed by atoms with Crippen LogP contribution < -0.4 is 5.32 Å². The molecule has 3 heteroatoms. The van der Waals surface area contributed by atoms with E-state index >= 15 is 0 Å². The van der Waals surface area contributed by atoms with Crippen LogP contribution >= 0.6 is 0 Å². The van der Waals surface area contributed by atoms with Gasteiger partial charge in [-0.3, -0.25) is 0 Å². The van der Waals surface area contributed by atoms with E-state index in [1.807, 2.05) is 0 Å². The van der Waals surface area contributed by atoms with Crippen molar-refractivity contribution in [1.29, 1.82) is 0 Å². The zero-order valence-electron chi connectivity index (χ0n) is 7.15. The molecule has 0 radical (unpaired) electrons. The predicted molar refractivity (Wildman–Crippen MR) is 43.3 cm³/mol. The summed E-state index contributed by atoms with van der Waals surface area (Å²) in [7, 11) is 0. The van der Waals surface area contributed by atoms with Crippen molar-refractivity contribution >= 4 is 0 Å². The SMILES string of the molecule is FC1(F)CCC2CCCNC2C1. The van der Waals surface area contributed by atoms with Crippen LogP contribution in [0.1, 0.15) is 32.1 Å². The molecule has 2 unspecified atom stereocenters. The Morgan fingerprint density at radius 1 is 1.25 bits per heavy atom. The van der Waals surface area contributed by atoms with E-state index in [0.29, 0.717) is 12.3 Å². The van der Waals surface area contributed by atoms with Crippen LogP contribution in [0, 0.1) is 5.92 Å². The number of alkyl halides is 2. The van der Waals surface area contributed by atoms with E-state index in [4.69, 9.17) is 0 Å². The molecule has 2 aliphatic rings. The summed E-state index contributed by atoms with van der Waals surface area (Å²) in [5.74, 6) is -1.87. The third kappa shape index (κ3) is 1.60. The van der Waals surface area contributed by atoms with Crippen molar-refractivity contribution < 1.29 is 8.78 Å². The lowest BCUT2D eigenvalue weighted by Crippen LogP contribution is -2.48. The van der Waals surface area contributed by atoms with Crippen molar-refractivity contribution in [3.8, 4) is 0 Å². The minimum Gasteiger partial charge on any atom is -0.313 e. The topological polar surface area (TPSA) is 12.0 Å². The van der Waals surface area contributed by atoms with Crippen molar-refractivity contribution in [2.24, 2.45) is 5.92 Å². The molecule has 0 spiro atoms. The van der Waals surface area contributed by atoms with E-state index in [1.165, 1.54) is 0 Å². The highest BCUT2D eigenvalue weighted by Crippen LogP contribution is 2.39. The van der Waals surface area contributed by atoms with Crippen LogP contribution in [-0.4, -0.2) is 18.5 Å². The molecule has 2 atom stereocenters. The maximum atomic E-state index is 12.9. The van der Waals surface area contributed by atoms with Crippen molar-refractivity contribution in [2.45, 2.75) is 44.1 Å². The Kier molecular flexibility index (Phi) is 2.07. The Bertz CT molecular complexity index is 170. The van der Waals surface area contributed by atoms with Gasteiger partial charge in [0.25, 0.3) is 0 Å². The Morgan fingerprint density at radius 2 is 2.08 bits per heavy atom. The molecule has 1 saturated carbocycles. The molecule has 0 aromatic heterocycles. The third-order valence-electron chi connectivity index (χ3n) is 3.13. The molecular formula is C9H15F2N. The van der Waals surface area contributed by atoms with E-state index in [1.54, 1.807) is 0 Å². The lowest BCUT2D eigenvalue weighted by molar-refractivity contribution is -0.0635. The maximum Gasteiger partial charge on any atom is 0.249 e. The van der Waals surface area contributed by atoms with Gasteiger partial charge < -0.3 is 5.32 Å². The van der Waals surface area contributed by atoms with Crippen molar-refractivity contribution in [2.75, 3.05) is 6.54 Å². The Labute approximate surface area is 71.5 Å². The van der Waals surface area contributed by atoms with Crippen molar-refractivity contribution in [3.63, 3.8) is 0 Å². The molecule has 70 valence electrons. The number of rotatable bonds is 0. The highest BCUT2D eigenvalue weighted by atomic mass is 19.3. The largest absolute Gasteiger partial charge is 0.313 e. The van der Waals surface area contributed by atoms with E-state index < -0.39 is 5.92 Å². The Morgan fingerprint density at radius 3 is 2.92 bits per heavy atom. The van der Waals surface area contributed by atoms with Gasteiger partial charge in [-0.1, -0.05) is 0 Å². The third-order valence-corrected chi connectivity index (χ3v) is 3.13. The summed E-state index contributed by atoms with van der Waals surface area (Å²) in [4.78, 5) is 0.